The molecule has 0 aromatic heterocycles. The number of ether oxygens (including phenoxy) is 3. The Morgan fingerprint density at radius 2 is 1.96 bits per heavy atom. The van der Waals surface area contributed by atoms with E-state index >= 15 is 0 Å². The van der Waals surface area contributed by atoms with Crippen LogP contribution in [0.25, 0.3) is 0 Å². The molecule has 3 rings (SSSR count). The Morgan fingerprint density at radius 3 is 2.71 bits per heavy atom. The van der Waals surface area contributed by atoms with Crippen molar-refractivity contribution in [2.75, 3.05) is 39.5 Å². The van der Waals surface area contributed by atoms with Gasteiger partial charge in [-0.3, -0.25) is 4.79 Å². The lowest BCUT2D eigenvalue weighted by molar-refractivity contribution is 0.00843. The predicted octanol–water partition coefficient (Wildman–Crippen LogP) is 1.82. The van der Waals surface area contributed by atoms with E-state index < -0.39 is 0 Å². The van der Waals surface area contributed by atoms with Crippen molar-refractivity contribution in [1.82, 2.24) is 4.90 Å². The van der Waals surface area contributed by atoms with Crippen molar-refractivity contribution >= 4 is 5.91 Å². The molecule has 24 heavy (non-hydrogen) atoms. The first-order chi connectivity index (χ1) is 11.8. The second kappa shape index (κ2) is 8.35. The maximum atomic E-state index is 12.7. The molecular weight excluding hydrogens is 308 g/mol. The maximum Gasteiger partial charge on any atom is 0.253 e. The quantitative estimate of drug-likeness (QED) is 0.832. The Kier molecular flexibility index (Phi) is 5.93. The summed E-state index contributed by atoms with van der Waals surface area (Å²) in [5.74, 6) is 1.43. The van der Waals surface area contributed by atoms with Crippen LogP contribution in [0.1, 0.15) is 36.0 Å². The minimum absolute atomic E-state index is 0.0473. The van der Waals surface area contributed by atoms with Crippen LogP contribution in [0.15, 0.2) is 18.2 Å². The molecule has 2 N–H and O–H groups in total. The number of fused-ring (bicyclic) bond motifs is 1. The number of carbonyl (C=O) groups is 1. The topological polar surface area (TPSA) is 74.0 Å². The van der Waals surface area contributed by atoms with Crippen LogP contribution in [-0.4, -0.2) is 56.4 Å². The third-order valence-corrected chi connectivity index (χ3v) is 4.43. The smallest absolute Gasteiger partial charge is 0.253 e. The van der Waals surface area contributed by atoms with E-state index in [-0.39, 0.29) is 12.0 Å². The van der Waals surface area contributed by atoms with Crippen LogP contribution < -0.4 is 15.2 Å². The van der Waals surface area contributed by atoms with Crippen molar-refractivity contribution in [3.05, 3.63) is 23.8 Å². The molecular formula is C18H26N2O4. The van der Waals surface area contributed by atoms with E-state index in [1.54, 1.807) is 6.07 Å². The standard InChI is InChI=1S/C18H26N2O4/c19-7-1-10-22-15-5-8-20(9-6-15)18(21)14-3-4-16-17(13-14)24-12-2-11-23-16/h3-4,13,15H,1-2,5-12,19H2. The van der Waals surface area contributed by atoms with E-state index in [0.29, 0.717) is 37.7 Å². The van der Waals surface area contributed by atoms with E-state index in [1.807, 2.05) is 17.0 Å². The summed E-state index contributed by atoms with van der Waals surface area (Å²) in [7, 11) is 0. The fourth-order valence-electron chi connectivity index (χ4n) is 3.04. The van der Waals surface area contributed by atoms with Gasteiger partial charge in [-0.1, -0.05) is 0 Å². The zero-order valence-corrected chi connectivity index (χ0v) is 14.0. The number of amides is 1. The van der Waals surface area contributed by atoms with E-state index in [9.17, 15) is 4.79 Å². The molecule has 1 aromatic carbocycles. The third-order valence-electron chi connectivity index (χ3n) is 4.43. The van der Waals surface area contributed by atoms with Crippen LogP contribution in [-0.2, 0) is 4.74 Å². The molecule has 132 valence electrons. The second-order valence-electron chi connectivity index (χ2n) is 6.22. The van der Waals surface area contributed by atoms with Gasteiger partial charge in [0.25, 0.3) is 5.91 Å². The van der Waals surface area contributed by atoms with Gasteiger partial charge in [0.15, 0.2) is 11.5 Å². The van der Waals surface area contributed by atoms with Crippen molar-refractivity contribution in [2.45, 2.75) is 31.8 Å². The van der Waals surface area contributed by atoms with E-state index in [4.69, 9.17) is 19.9 Å². The average molecular weight is 334 g/mol. The lowest BCUT2D eigenvalue weighted by Gasteiger charge is -2.32. The molecule has 0 radical (unpaired) electrons. The Hall–Kier alpha value is -1.79. The average Bonchev–Trinajstić information content (AvgIpc) is 2.86. The van der Waals surface area contributed by atoms with E-state index in [1.165, 1.54) is 0 Å². The van der Waals surface area contributed by atoms with Crippen molar-refractivity contribution in [2.24, 2.45) is 5.73 Å². The fraction of sp³-hybridized carbons (Fsp3) is 0.611. The van der Waals surface area contributed by atoms with E-state index in [0.717, 1.165) is 44.5 Å². The summed E-state index contributed by atoms with van der Waals surface area (Å²) in [4.78, 5) is 14.6. The highest BCUT2D eigenvalue weighted by atomic mass is 16.5. The third kappa shape index (κ3) is 4.19. The van der Waals surface area contributed by atoms with Gasteiger partial charge in [-0.15, -0.1) is 0 Å². The molecule has 1 fully saturated rings. The Morgan fingerprint density at radius 1 is 1.21 bits per heavy atom. The molecule has 1 aromatic rings. The molecule has 6 heteroatoms. The number of hydrogen-bond donors (Lipinski definition) is 1. The minimum Gasteiger partial charge on any atom is -0.490 e. The zero-order valence-electron chi connectivity index (χ0n) is 14.0. The first-order valence-corrected chi connectivity index (χ1v) is 8.78. The maximum absolute atomic E-state index is 12.7. The summed E-state index contributed by atoms with van der Waals surface area (Å²) >= 11 is 0. The highest BCUT2D eigenvalue weighted by molar-refractivity contribution is 5.95. The molecule has 1 saturated heterocycles. The highest BCUT2D eigenvalue weighted by Gasteiger charge is 2.25. The van der Waals surface area contributed by atoms with Crippen LogP contribution >= 0.6 is 0 Å². The van der Waals surface area contributed by atoms with Crippen LogP contribution in [0.3, 0.4) is 0 Å². The van der Waals surface area contributed by atoms with Crippen LogP contribution in [0.2, 0.25) is 0 Å². The van der Waals surface area contributed by atoms with Crippen LogP contribution in [0.4, 0.5) is 0 Å². The molecule has 0 aliphatic carbocycles. The first kappa shape index (κ1) is 17.0. The summed E-state index contributed by atoms with van der Waals surface area (Å²) < 4.78 is 17.1. The monoisotopic (exact) mass is 334 g/mol. The summed E-state index contributed by atoms with van der Waals surface area (Å²) in [6.45, 7) is 4.08. The predicted molar refractivity (Wildman–Crippen MR) is 90.6 cm³/mol. The molecule has 0 spiro atoms. The van der Waals surface area contributed by atoms with Gasteiger partial charge in [0.05, 0.1) is 19.3 Å². The number of nitrogens with zero attached hydrogens (tertiary/aromatic N) is 1. The summed E-state index contributed by atoms with van der Waals surface area (Å²) in [6.07, 6.45) is 3.73. The number of benzene rings is 1. The SMILES string of the molecule is NCCCOC1CCN(C(=O)c2ccc3c(c2)OCCCO3)CC1. The number of hydrogen-bond acceptors (Lipinski definition) is 5. The zero-order chi connectivity index (χ0) is 16.8. The Balaban J connectivity index is 1.56. The molecule has 2 aliphatic heterocycles. The van der Waals surface area contributed by atoms with E-state index in [2.05, 4.69) is 0 Å². The summed E-state index contributed by atoms with van der Waals surface area (Å²) in [5.41, 5.74) is 6.13. The van der Waals surface area contributed by atoms with Gasteiger partial charge in [-0.25, -0.2) is 0 Å². The number of piperidine rings is 1. The first-order valence-electron chi connectivity index (χ1n) is 8.78. The Bertz CT molecular complexity index is 556. The molecule has 0 unspecified atom stereocenters. The van der Waals surface area contributed by atoms with Crippen LogP contribution in [0.5, 0.6) is 11.5 Å². The molecule has 1 amide bonds. The lowest BCUT2D eigenvalue weighted by Crippen LogP contribution is -2.41. The molecule has 0 bridgehead atoms. The van der Waals surface area contributed by atoms with Crippen molar-refractivity contribution in [1.29, 1.82) is 0 Å². The number of likely N-dealkylation sites (tertiary alicyclic amines) is 1. The van der Waals surface area contributed by atoms with Gasteiger partial charge in [-0.2, -0.15) is 0 Å². The van der Waals surface area contributed by atoms with Crippen molar-refractivity contribution in [3.8, 4) is 11.5 Å². The van der Waals surface area contributed by atoms with Gasteiger partial charge >= 0.3 is 0 Å². The largest absolute Gasteiger partial charge is 0.490 e. The number of carbonyl (C=O) groups excluding carboxylic acids is 1. The van der Waals surface area contributed by atoms with Gasteiger partial charge in [0, 0.05) is 31.7 Å². The number of rotatable bonds is 5. The summed E-state index contributed by atoms with van der Waals surface area (Å²) in [6, 6.07) is 5.45. The Labute approximate surface area is 142 Å². The minimum atomic E-state index is 0.0473. The van der Waals surface area contributed by atoms with Gasteiger partial charge in [-0.05, 0) is 44.0 Å². The molecule has 2 aliphatic rings. The lowest BCUT2D eigenvalue weighted by atomic mass is 10.1. The van der Waals surface area contributed by atoms with Gasteiger partial charge in [0.1, 0.15) is 0 Å². The molecule has 6 nitrogen and oxygen atoms in total. The van der Waals surface area contributed by atoms with Gasteiger partial charge < -0.3 is 24.8 Å². The van der Waals surface area contributed by atoms with Crippen LogP contribution in [0, 0.1) is 0 Å². The molecule has 2 heterocycles. The highest BCUT2D eigenvalue weighted by Crippen LogP contribution is 2.31. The van der Waals surface area contributed by atoms with Crippen molar-refractivity contribution < 1.29 is 19.0 Å². The number of nitrogens with two attached hydrogens (primary N) is 1. The second-order valence-corrected chi connectivity index (χ2v) is 6.22. The fourth-order valence-corrected chi connectivity index (χ4v) is 3.04. The van der Waals surface area contributed by atoms with Gasteiger partial charge in [0.2, 0.25) is 0 Å². The van der Waals surface area contributed by atoms with Crippen molar-refractivity contribution in [3.63, 3.8) is 0 Å². The molecule has 0 saturated carbocycles. The molecule has 0 atom stereocenters. The summed E-state index contributed by atoms with van der Waals surface area (Å²) in [5, 5.41) is 0. The normalized spacial score (nSPS) is 18.3.